The highest BCUT2D eigenvalue weighted by Crippen LogP contribution is 2.16. The number of carbonyl (C=O) groups is 1. The zero-order valence-electron chi connectivity index (χ0n) is 11.8. The number of halogens is 1. The van der Waals surface area contributed by atoms with Gasteiger partial charge in [0.05, 0.1) is 12.7 Å². The molecular weight excluding hydrogens is 268 g/mol. The zero-order chi connectivity index (χ0) is 13.0. The van der Waals surface area contributed by atoms with Gasteiger partial charge in [0.2, 0.25) is 0 Å². The van der Waals surface area contributed by atoms with Crippen LogP contribution >= 0.6 is 12.4 Å². The van der Waals surface area contributed by atoms with Crippen molar-refractivity contribution in [3.05, 3.63) is 0 Å². The van der Waals surface area contributed by atoms with Crippen molar-refractivity contribution in [1.29, 1.82) is 0 Å². The van der Waals surface area contributed by atoms with Crippen LogP contribution in [0, 0.1) is 5.92 Å². The second-order valence-electron chi connectivity index (χ2n) is 5.49. The molecule has 0 aromatic heterocycles. The molecule has 2 rings (SSSR count). The van der Waals surface area contributed by atoms with Crippen LogP contribution in [-0.4, -0.2) is 62.4 Å². The first kappa shape index (κ1) is 16.7. The van der Waals surface area contributed by atoms with Crippen molar-refractivity contribution in [2.24, 2.45) is 5.92 Å². The third-order valence-electron chi connectivity index (χ3n) is 3.32. The van der Waals surface area contributed by atoms with Crippen LogP contribution in [0.1, 0.15) is 20.3 Å². The van der Waals surface area contributed by atoms with E-state index in [0.717, 1.165) is 26.1 Å². The third kappa shape index (κ3) is 4.91. The largest absolute Gasteiger partial charge is 0.376 e. The zero-order valence-corrected chi connectivity index (χ0v) is 12.6. The first-order chi connectivity index (χ1) is 8.66. The molecule has 112 valence electrons. The summed E-state index contributed by atoms with van der Waals surface area (Å²) in [4.78, 5) is 14.1. The predicted molar refractivity (Wildman–Crippen MR) is 75.6 cm³/mol. The average Bonchev–Trinajstić information content (AvgIpc) is 2.85. The van der Waals surface area contributed by atoms with Crippen LogP contribution < -0.4 is 5.32 Å². The minimum Gasteiger partial charge on any atom is -0.376 e. The number of hydrogen-bond donors (Lipinski definition) is 1. The Morgan fingerprint density at radius 3 is 2.95 bits per heavy atom. The van der Waals surface area contributed by atoms with Crippen molar-refractivity contribution in [2.75, 3.05) is 39.4 Å². The molecule has 0 spiro atoms. The van der Waals surface area contributed by atoms with Crippen LogP contribution in [0.4, 0.5) is 0 Å². The summed E-state index contributed by atoms with van der Waals surface area (Å²) in [6, 6.07) is 0. The topological polar surface area (TPSA) is 50.8 Å². The van der Waals surface area contributed by atoms with Crippen molar-refractivity contribution in [3.8, 4) is 0 Å². The van der Waals surface area contributed by atoms with Crippen LogP contribution in [0.25, 0.3) is 0 Å². The Balaban J connectivity index is 0.00000180. The minimum atomic E-state index is -0.303. The molecule has 2 atom stereocenters. The Morgan fingerprint density at radius 2 is 2.32 bits per heavy atom. The maximum absolute atomic E-state index is 12.2. The lowest BCUT2D eigenvalue weighted by Crippen LogP contribution is -2.49. The number of morpholine rings is 1. The van der Waals surface area contributed by atoms with Crippen molar-refractivity contribution in [1.82, 2.24) is 10.2 Å². The summed E-state index contributed by atoms with van der Waals surface area (Å²) < 4.78 is 11.3. The number of rotatable bonds is 4. The van der Waals surface area contributed by atoms with E-state index in [1.54, 1.807) is 0 Å². The Kier molecular flexibility index (Phi) is 7.07. The molecule has 19 heavy (non-hydrogen) atoms. The molecule has 2 aliphatic rings. The number of carbonyl (C=O) groups excluding carboxylic acids is 1. The number of amides is 1. The van der Waals surface area contributed by atoms with Gasteiger partial charge in [-0.25, -0.2) is 0 Å². The standard InChI is InChI=1S/C13H24N2O3.ClH/c1-10(2)9-18-11-3-5-15(8-11)13(16)12-7-14-4-6-17-12;/h10-12,14H,3-9H2,1-2H3;1H. The van der Waals surface area contributed by atoms with E-state index >= 15 is 0 Å². The van der Waals surface area contributed by atoms with E-state index in [1.165, 1.54) is 0 Å². The van der Waals surface area contributed by atoms with Gasteiger partial charge in [-0.3, -0.25) is 4.79 Å². The fourth-order valence-corrected chi connectivity index (χ4v) is 2.32. The highest BCUT2D eigenvalue weighted by Gasteiger charge is 2.32. The van der Waals surface area contributed by atoms with Gasteiger partial charge in [-0.15, -0.1) is 12.4 Å². The highest BCUT2D eigenvalue weighted by atomic mass is 35.5. The Hall–Kier alpha value is -0.360. The van der Waals surface area contributed by atoms with Crippen molar-refractivity contribution in [3.63, 3.8) is 0 Å². The normalized spacial score (nSPS) is 27.4. The summed E-state index contributed by atoms with van der Waals surface area (Å²) in [6.07, 6.45) is 0.842. The molecule has 6 heteroatoms. The average molecular weight is 293 g/mol. The maximum atomic E-state index is 12.2. The first-order valence-electron chi connectivity index (χ1n) is 6.89. The lowest BCUT2D eigenvalue weighted by atomic mass is 10.2. The summed E-state index contributed by atoms with van der Waals surface area (Å²) in [6.45, 7) is 8.65. The molecule has 2 heterocycles. The molecule has 2 saturated heterocycles. The fraction of sp³-hybridized carbons (Fsp3) is 0.923. The Morgan fingerprint density at radius 1 is 1.53 bits per heavy atom. The smallest absolute Gasteiger partial charge is 0.253 e. The lowest BCUT2D eigenvalue weighted by molar-refractivity contribution is -0.144. The van der Waals surface area contributed by atoms with Gasteiger partial charge in [-0.2, -0.15) is 0 Å². The molecule has 2 fully saturated rings. The van der Waals surface area contributed by atoms with Crippen molar-refractivity contribution in [2.45, 2.75) is 32.5 Å². The van der Waals surface area contributed by atoms with Gasteiger partial charge in [0.25, 0.3) is 5.91 Å². The monoisotopic (exact) mass is 292 g/mol. The van der Waals surface area contributed by atoms with Crippen LogP contribution in [-0.2, 0) is 14.3 Å². The number of nitrogens with one attached hydrogen (secondary N) is 1. The number of ether oxygens (including phenoxy) is 2. The summed E-state index contributed by atoms with van der Waals surface area (Å²) in [5, 5.41) is 3.19. The van der Waals surface area contributed by atoms with Crippen molar-refractivity contribution >= 4 is 18.3 Å². The predicted octanol–water partition coefficient (Wildman–Crippen LogP) is 0.670. The van der Waals surface area contributed by atoms with Gasteiger partial charge in [-0.1, -0.05) is 13.8 Å². The van der Waals surface area contributed by atoms with Crippen molar-refractivity contribution < 1.29 is 14.3 Å². The van der Waals surface area contributed by atoms with Crippen LogP contribution in [0.3, 0.4) is 0 Å². The highest BCUT2D eigenvalue weighted by molar-refractivity contribution is 5.85. The molecule has 5 nitrogen and oxygen atoms in total. The molecule has 2 aliphatic heterocycles. The molecule has 0 saturated carbocycles. The van der Waals surface area contributed by atoms with E-state index < -0.39 is 0 Å². The third-order valence-corrected chi connectivity index (χ3v) is 3.32. The molecule has 0 radical (unpaired) electrons. The van der Waals surface area contributed by atoms with E-state index in [-0.39, 0.29) is 30.5 Å². The van der Waals surface area contributed by atoms with E-state index in [4.69, 9.17) is 9.47 Å². The molecule has 0 aliphatic carbocycles. The second-order valence-corrected chi connectivity index (χ2v) is 5.49. The minimum absolute atomic E-state index is 0. The fourth-order valence-electron chi connectivity index (χ4n) is 2.32. The van der Waals surface area contributed by atoms with Gasteiger partial charge in [0.1, 0.15) is 6.10 Å². The molecule has 2 unspecified atom stereocenters. The van der Waals surface area contributed by atoms with Gasteiger partial charge in [-0.05, 0) is 12.3 Å². The molecule has 1 amide bonds. The quantitative estimate of drug-likeness (QED) is 0.827. The van der Waals surface area contributed by atoms with Gasteiger partial charge < -0.3 is 19.7 Å². The molecular formula is C13H25ClN2O3. The Bertz CT molecular complexity index is 283. The van der Waals surface area contributed by atoms with Gasteiger partial charge >= 0.3 is 0 Å². The maximum Gasteiger partial charge on any atom is 0.253 e. The van der Waals surface area contributed by atoms with Crippen LogP contribution in [0.15, 0.2) is 0 Å². The molecule has 1 N–H and O–H groups in total. The summed E-state index contributed by atoms with van der Waals surface area (Å²) in [7, 11) is 0. The van der Waals surface area contributed by atoms with Crippen LogP contribution in [0.2, 0.25) is 0 Å². The summed E-state index contributed by atoms with van der Waals surface area (Å²) in [5.41, 5.74) is 0. The molecule has 0 aromatic rings. The van der Waals surface area contributed by atoms with E-state index in [0.29, 0.717) is 25.6 Å². The molecule has 0 aromatic carbocycles. The SMILES string of the molecule is CC(C)COC1CCN(C(=O)C2CNCCO2)C1.Cl. The van der Waals surface area contributed by atoms with Gasteiger partial charge in [0, 0.05) is 32.8 Å². The molecule has 0 bridgehead atoms. The number of nitrogens with zero attached hydrogens (tertiary/aromatic N) is 1. The van der Waals surface area contributed by atoms with E-state index in [2.05, 4.69) is 19.2 Å². The number of likely N-dealkylation sites (tertiary alicyclic amines) is 1. The summed E-state index contributed by atoms with van der Waals surface area (Å²) in [5.74, 6) is 0.651. The summed E-state index contributed by atoms with van der Waals surface area (Å²) >= 11 is 0. The second kappa shape index (κ2) is 8.04. The first-order valence-corrected chi connectivity index (χ1v) is 6.89. The van der Waals surface area contributed by atoms with E-state index in [1.807, 2.05) is 4.90 Å². The number of hydrogen-bond acceptors (Lipinski definition) is 4. The van der Waals surface area contributed by atoms with Gasteiger partial charge in [0.15, 0.2) is 0 Å². The van der Waals surface area contributed by atoms with E-state index in [9.17, 15) is 4.79 Å². The lowest BCUT2D eigenvalue weighted by Gasteiger charge is -2.27. The Labute approximate surface area is 121 Å². The van der Waals surface area contributed by atoms with Crippen LogP contribution in [0.5, 0.6) is 0 Å².